The standard InChI is InChI=1S/C26H34N2O3/c1-20(2)22-9-11-23(12-10-22)27-25(29)18-28-15-14-26(13-6-16-31-26)24(17-28)30-19-21-7-4-3-5-8-21/h3-5,7-12,20,24H,6,13-19H2,1-2H3,(H,27,29)/t24-,26-/m1/s1. The summed E-state index contributed by atoms with van der Waals surface area (Å²) in [4.78, 5) is 14.9. The molecule has 2 aliphatic rings. The van der Waals surface area contributed by atoms with Gasteiger partial charge in [-0.1, -0.05) is 56.3 Å². The molecule has 2 heterocycles. The van der Waals surface area contributed by atoms with Gasteiger partial charge in [-0.3, -0.25) is 9.69 Å². The molecule has 0 unspecified atom stereocenters. The van der Waals surface area contributed by atoms with Crippen molar-refractivity contribution in [3.05, 3.63) is 65.7 Å². The Morgan fingerprint density at radius 1 is 1.16 bits per heavy atom. The fraction of sp³-hybridized carbons (Fsp3) is 0.500. The number of piperidine rings is 1. The molecule has 0 aliphatic carbocycles. The van der Waals surface area contributed by atoms with Gasteiger partial charge in [-0.15, -0.1) is 0 Å². The number of amides is 1. The minimum absolute atomic E-state index is 0.0161. The van der Waals surface area contributed by atoms with Gasteiger partial charge in [0.2, 0.25) is 5.91 Å². The average Bonchev–Trinajstić information content (AvgIpc) is 3.24. The van der Waals surface area contributed by atoms with E-state index >= 15 is 0 Å². The van der Waals surface area contributed by atoms with Crippen LogP contribution in [0.1, 0.15) is 50.2 Å². The second-order valence-corrected chi connectivity index (χ2v) is 9.11. The summed E-state index contributed by atoms with van der Waals surface area (Å²) in [7, 11) is 0. The zero-order valence-electron chi connectivity index (χ0n) is 18.7. The van der Waals surface area contributed by atoms with Crippen molar-refractivity contribution >= 4 is 11.6 Å². The molecule has 5 heteroatoms. The largest absolute Gasteiger partial charge is 0.372 e. The molecule has 1 spiro atoms. The van der Waals surface area contributed by atoms with Gasteiger partial charge in [-0.2, -0.15) is 0 Å². The lowest BCUT2D eigenvalue weighted by Gasteiger charge is -2.44. The van der Waals surface area contributed by atoms with Crippen LogP contribution in [-0.4, -0.2) is 48.8 Å². The van der Waals surface area contributed by atoms with Crippen molar-refractivity contribution in [2.45, 2.75) is 57.3 Å². The van der Waals surface area contributed by atoms with Crippen LogP contribution in [0, 0.1) is 0 Å². The maximum Gasteiger partial charge on any atom is 0.238 e. The molecule has 2 atom stereocenters. The topological polar surface area (TPSA) is 50.8 Å². The molecule has 166 valence electrons. The molecule has 0 radical (unpaired) electrons. The highest BCUT2D eigenvalue weighted by molar-refractivity contribution is 5.92. The van der Waals surface area contributed by atoms with E-state index in [2.05, 4.69) is 48.3 Å². The molecule has 0 bridgehead atoms. The van der Waals surface area contributed by atoms with Crippen LogP contribution in [0.5, 0.6) is 0 Å². The molecular formula is C26H34N2O3. The quantitative estimate of drug-likeness (QED) is 0.709. The van der Waals surface area contributed by atoms with Crippen LogP contribution in [0.15, 0.2) is 54.6 Å². The van der Waals surface area contributed by atoms with E-state index in [0.717, 1.165) is 43.7 Å². The number of nitrogens with zero attached hydrogens (tertiary/aromatic N) is 1. The first-order valence-electron chi connectivity index (χ1n) is 11.5. The van der Waals surface area contributed by atoms with E-state index in [-0.39, 0.29) is 17.6 Å². The Bertz CT molecular complexity index is 845. The first kappa shape index (κ1) is 22.0. The highest BCUT2D eigenvalue weighted by Crippen LogP contribution is 2.38. The highest BCUT2D eigenvalue weighted by atomic mass is 16.6. The number of benzene rings is 2. The summed E-state index contributed by atoms with van der Waals surface area (Å²) in [6, 6.07) is 18.4. The van der Waals surface area contributed by atoms with E-state index in [4.69, 9.17) is 9.47 Å². The zero-order valence-corrected chi connectivity index (χ0v) is 18.7. The van der Waals surface area contributed by atoms with Crippen molar-refractivity contribution < 1.29 is 14.3 Å². The lowest BCUT2D eigenvalue weighted by molar-refractivity contribution is -0.159. The van der Waals surface area contributed by atoms with Gasteiger partial charge < -0.3 is 14.8 Å². The third kappa shape index (κ3) is 5.53. The summed E-state index contributed by atoms with van der Waals surface area (Å²) in [5, 5.41) is 3.04. The SMILES string of the molecule is CC(C)c1ccc(NC(=O)CN2CC[C@]3(CCCO3)[C@H](OCc3ccccc3)C2)cc1. The van der Waals surface area contributed by atoms with Gasteiger partial charge in [0.25, 0.3) is 0 Å². The second-order valence-electron chi connectivity index (χ2n) is 9.11. The van der Waals surface area contributed by atoms with E-state index in [9.17, 15) is 4.79 Å². The molecule has 2 fully saturated rings. The van der Waals surface area contributed by atoms with Crippen LogP contribution < -0.4 is 5.32 Å². The summed E-state index contributed by atoms with van der Waals surface area (Å²) in [5.41, 5.74) is 3.08. The van der Waals surface area contributed by atoms with Gasteiger partial charge in [0.1, 0.15) is 0 Å². The molecule has 2 aromatic rings. The fourth-order valence-corrected chi connectivity index (χ4v) is 4.64. The number of rotatable bonds is 7. The third-order valence-corrected chi connectivity index (χ3v) is 6.52. The van der Waals surface area contributed by atoms with Crippen molar-refractivity contribution in [2.24, 2.45) is 0 Å². The molecule has 2 aromatic carbocycles. The Kier molecular flexibility index (Phi) is 7.06. The van der Waals surface area contributed by atoms with Crippen molar-refractivity contribution in [1.82, 2.24) is 4.90 Å². The lowest BCUT2D eigenvalue weighted by atomic mass is 9.85. The molecular weight excluding hydrogens is 388 g/mol. The van der Waals surface area contributed by atoms with Crippen LogP contribution in [0.3, 0.4) is 0 Å². The molecule has 0 aromatic heterocycles. The van der Waals surface area contributed by atoms with Crippen molar-refractivity contribution in [3.63, 3.8) is 0 Å². The summed E-state index contributed by atoms with van der Waals surface area (Å²) < 4.78 is 12.6. The van der Waals surface area contributed by atoms with Crippen molar-refractivity contribution in [3.8, 4) is 0 Å². The maximum absolute atomic E-state index is 12.7. The normalized spacial score (nSPS) is 24.0. The van der Waals surface area contributed by atoms with Crippen LogP contribution in [0.4, 0.5) is 5.69 Å². The van der Waals surface area contributed by atoms with Gasteiger partial charge in [0.05, 0.1) is 24.9 Å². The monoisotopic (exact) mass is 422 g/mol. The predicted molar refractivity (Wildman–Crippen MR) is 123 cm³/mol. The van der Waals surface area contributed by atoms with Crippen molar-refractivity contribution in [2.75, 3.05) is 31.6 Å². The molecule has 1 amide bonds. The minimum atomic E-state index is -0.200. The Balaban J connectivity index is 1.34. The van der Waals surface area contributed by atoms with Crippen LogP contribution in [0.2, 0.25) is 0 Å². The number of carbonyl (C=O) groups excluding carboxylic acids is 1. The summed E-state index contributed by atoms with van der Waals surface area (Å²) in [5.74, 6) is 0.499. The van der Waals surface area contributed by atoms with E-state index < -0.39 is 0 Å². The average molecular weight is 423 g/mol. The van der Waals surface area contributed by atoms with Crippen LogP contribution in [0.25, 0.3) is 0 Å². The Morgan fingerprint density at radius 3 is 2.61 bits per heavy atom. The first-order chi connectivity index (χ1) is 15.0. The molecule has 4 rings (SSSR count). The summed E-state index contributed by atoms with van der Waals surface area (Å²) >= 11 is 0. The number of likely N-dealkylation sites (tertiary alicyclic amines) is 1. The second kappa shape index (κ2) is 9.94. The molecule has 31 heavy (non-hydrogen) atoms. The summed E-state index contributed by atoms with van der Waals surface area (Å²) in [6.07, 6.45) is 3.00. The number of carbonyl (C=O) groups is 1. The lowest BCUT2D eigenvalue weighted by Crippen LogP contribution is -2.57. The van der Waals surface area contributed by atoms with E-state index in [1.54, 1.807) is 0 Å². The highest BCUT2D eigenvalue weighted by Gasteiger charge is 2.47. The molecule has 0 saturated carbocycles. The molecule has 2 saturated heterocycles. The number of nitrogens with one attached hydrogen (secondary N) is 1. The summed E-state index contributed by atoms with van der Waals surface area (Å²) in [6.45, 7) is 7.64. The number of hydrogen-bond donors (Lipinski definition) is 1. The van der Waals surface area contributed by atoms with Gasteiger partial charge in [-0.25, -0.2) is 0 Å². The number of hydrogen-bond acceptors (Lipinski definition) is 4. The third-order valence-electron chi connectivity index (χ3n) is 6.52. The van der Waals surface area contributed by atoms with Crippen molar-refractivity contribution in [1.29, 1.82) is 0 Å². The van der Waals surface area contributed by atoms with Gasteiger partial charge >= 0.3 is 0 Å². The minimum Gasteiger partial charge on any atom is -0.372 e. The fourth-order valence-electron chi connectivity index (χ4n) is 4.64. The maximum atomic E-state index is 12.7. The van der Waals surface area contributed by atoms with E-state index in [1.807, 2.05) is 30.3 Å². The van der Waals surface area contributed by atoms with Crippen LogP contribution >= 0.6 is 0 Å². The number of ether oxygens (including phenoxy) is 2. The van der Waals surface area contributed by atoms with Gasteiger partial charge in [-0.05, 0) is 48.4 Å². The van der Waals surface area contributed by atoms with Gasteiger partial charge in [0.15, 0.2) is 0 Å². The van der Waals surface area contributed by atoms with Gasteiger partial charge in [0, 0.05) is 25.4 Å². The molecule has 1 N–H and O–H groups in total. The van der Waals surface area contributed by atoms with Crippen LogP contribution in [-0.2, 0) is 20.9 Å². The first-order valence-corrected chi connectivity index (χ1v) is 11.5. The smallest absolute Gasteiger partial charge is 0.238 e. The Labute approximate surface area is 185 Å². The zero-order chi connectivity index (χ0) is 21.7. The molecule has 5 nitrogen and oxygen atoms in total. The number of anilines is 1. The Hall–Kier alpha value is -2.21. The Morgan fingerprint density at radius 2 is 1.94 bits per heavy atom. The van der Waals surface area contributed by atoms with E-state index in [1.165, 1.54) is 5.56 Å². The molecule has 2 aliphatic heterocycles. The van der Waals surface area contributed by atoms with E-state index in [0.29, 0.717) is 25.6 Å². The predicted octanol–water partition coefficient (Wildman–Crippen LogP) is 4.59.